The minimum Gasteiger partial charge on any atom is -0.493 e. The zero-order valence-electron chi connectivity index (χ0n) is 10.3. The molecule has 1 aromatic rings. The Morgan fingerprint density at radius 3 is 3.06 bits per heavy atom. The van der Waals surface area contributed by atoms with Crippen LogP contribution < -0.4 is 10.1 Å². The largest absolute Gasteiger partial charge is 0.493 e. The zero-order chi connectivity index (χ0) is 12.4. The molecule has 6 heteroatoms. The molecule has 0 spiro atoms. The number of likely N-dealkylation sites (N-methyl/N-ethyl adjacent to an activating group) is 1. The summed E-state index contributed by atoms with van der Waals surface area (Å²) in [6, 6.07) is 0.0575. The van der Waals surface area contributed by atoms with Gasteiger partial charge in [-0.05, 0) is 7.05 Å². The van der Waals surface area contributed by atoms with Crippen molar-refractivity contribution in [2.24, 2.45) is 13.0 Å². The molecule has 0 amide bonds. The number of aromatic nitrogens is 2. The van der Waals surface area contributed by atoms with Gasteiger partial charge in [-0.1, -0.05) is 0 Å². The number of ether oxygens (including phenoxy) is 2. The van der Waals surface area contributed by atoms with Crippen LogP contribution >= 0.6 is 0 Å². The number of aryl methyl sites for hydroxylation is 1. The van der Waals surface area contributed by atoms with Crippen LogP contribution in [0.3, 0.4) is 0 Å². The Hall–Kier alpha value is -1.40. The highest BCUT2D eigenvalue weighted by atomic mass is 16.5. The summed E-state index contributed by atoms with van der Waals surface area (Å²) in [4.78, 5) is 12.4. The van der Waals surface area contributed by atoms with Gasteiger partial charge in [-0.15, -0.1) is 0 Å². The maximum absolute atomic E-state index is 12.4. The third-order valence-electron chi connectivity index (χ3n) is 3.15. The summed E-state index contributed by atoms with van der Waals surface area (Å²) in [6.45, 7) is 1.01. The molecule has 0 radical (unpaired) electrons. The zero-order valence-corrected chi connectivity index (χ0v) is 10.3. The highest BCUT2D eigenvalue weighted by Crippen LogP contribution is 2.24. The number of carbonyl (C=O) groups is 1. The second-order valence-electron chi connectivity index (χ2n) is 4.09. The molecule has 2 atom stereocenters. The first-order valence-electron chi connectivity index (χ1n) is 5.54. The van der Waals surface area contributed by atoms with Gasteiger partial charge in [0.25, 0.3) is 0 Å². The first-order chi connectivity index (χ1) is 8.19. The Balaban J connectivity index is 2.27. The van der Waals surface area contributed by atoms with Crippen LogP contribution in [0.5, 0.6) is 5.75 Å². The highest BCUT2D eigenvalue weighted by molar-refractivity contribution is 5.99. The summed E-state index contributed by atoms with van der Waals surface area (Å²) < 4.78 is 12.0. The summed E-state index contributed by atoms with van der Waals surface area (Å²) >= 11 is 0. The Morgan fingerprint density at radius 1 is 1.65 bits per heavy atom. The van der Waals surface area contributed by atoms with Crippen molar-refractivity contribution < 1.29 is 14.3 Å². The third-order valence-corrected chi connectivity index (χ3v) is 3.15. The number of methoxy groups -OCH3 is 1. The van der Waals surface area contributed by atoms with Crippen LogP contribution in [0.15, 0.2) is 6.20 Å². The predicted molar refractivity (Wildman–Crippen MR) is 61.2 cm³/mol. The monoisotopic (exact) mass is 239 g/mol. The van der Waals surface area contributed by atoms with Gasteiger partial charge in [0.15, 0.2) is 11.5 Å². The van der Waals surface area contributed by atoms with Gasteiger partial charge in [-0.25, -0.2) is 0 Å². The lowest BCUT2D eigenvalue weighted by Gasteiger charge is -2.16. The van der Waals surface area contributed by atoms with Gasteiger partial charge in [-0.3, -0.25) is 9.48 Å². The summed E-state index contributed by atoms with van der Waals surface area (Å²) in [7, 11) is 5.11. The van der Waals surface area contributed by atoms with E-state index < -0.39 is 0 Å². The van der Waals surface area contributed by atoms with Crippen molar-refractivity contribution in [1.29, 1.82) is 0 Å². The van der Waals surface area contributed by atoms with Gasteiger partial charge in [0.05, 0.1) is 32.4 Å². The smallest absolute Gasteiger partial charge is 0.191 e. The van der Waals surface area contributed by atoms with Crippen LogP contribution in [0.2, 0.25) is 0 Å². The SMILES string of the molecule is CNC1COCC1C(=O)c1c(OC)cnn1C. The molecule has 2 unspecified atom stereocenters. The topological polar surface area (TPSA) is 65.4 Å². The molecule has 1 saturated heterocycles. The van der Waals surface area contributed by atoms with Gasteiger partial charge in [0, 0.05) is 13.1 Å². The van der Waals surface area contributed by atoms with Gasteiger partial charge in [0.2, 0.25) is 0 Å². The maximum Gasteiger partial charge on any atom is 0.191 e. The van der Waals surface area contributed by atoms with E-state index in [0.717, 1.165) is 0 Å². The van der Waals surface area contributed by atoms with E-state index in [1.54, 1.807) is 17.9 Å². The van der Waals surface area contributed by atoms with Gasteiger partial charge in [0.1, 0.15) is 5.69 Å². The summed E-state index contributed by atoms with van der Waals surface area (Å²) in [5.41, 5.74) is 0.503. The molecular formula is C11H17N3O3. The van der Waals surface area contributed by atoms with Gasteiger partial charge >= 0.3 is 0 Å². The van der Waals surface area contributed by atoms with Gasteiger partial charge < -0.3 is 14.8 Å². The molecule has 2 heterocycles. The van der Waals surface area contributed by atoms with Crippen molar-refractivity contribution in [2.75, 3.05) is 27.4 Å². The van der Waals surface area contributed by atoms with E-state index >= 15 is 0 Å². The number of ketones is 1. The van der Waals surface area contributed by atoms with Crippen molar-refractivity contribution in [3.8, 4) is 5.75 Å². The molecule has 1 aromatic heterocycles. The van der Waals surface area contributed by atoms with E-state index in [1.807, 2.05) is 7.05 Å². The number of Topliss-reactive ketones (excluding diaryl/α,β-unsaturated/α-hetero) is 1. The normalized spacial score (nSPS) is 23.9. The van der Waals surface area contributed by atoms with Crippen LogP contribution in [0, 0.1) is 5.92 Å². The minimum atomic E-state index is -0.177. The lowest BCUT2D eigenvalue weighted by atomic mass is 9.96. The average Bonchev–Trinajstić information content (AvgIpc) is 2.93. The average molecular weight is 239 g/mol. The first kappa shape index (κ1) is 12.1. The fourth-order valence-corrected chi connectivity index (χ4v) is 2.12. The number of carbonyl (C=O) groups excluding carboxylic acids is 1. The highest BCUT2D eigenvalue weighted by Gasteiger charge is 2.36. The fraction of sp³-hybridized carbons (Fsp3) is 0.636. The standard InChI is InChI=1S/C11H17N3O3/c1-12-8-6-17-5-7(8)11(15)10-9(16-3)4-13-14(10)2/h4,7-8,12H,5-6H2,1-3H3. The second-order valence-corrected chi connectivity index (χ2v) is 4.09. The molecule has 0 bridgehead atoms. The van der Waals surface area contributed by atoms with Crippen molar-refractivity contribution >= 4 is 5.78 Å². The summed E-state index contributed by atoms with van der Waals surface area (Å²) in [5.74, 6) is 0.349. The van der Waals surface area contributed by atoms with E-state index in [2.05, 4.69) is 10.4 Å². The molecule has 0 aromatic carbocycles. The van der Waals surface area contributed by atoms with Crippen LogP contribution in [0.25, 0.3) is 0 Å². The number of nitrogens with one attached hydrogen (secondary N) is 1. The molecule has 2 rings (SSSR count). The summed E-state index contributed by atoms with van der Waals surface area (Å²) in [5, 5.41) is 7.14. The second kappa shape index (κ2) is 4.85. The van der Waals surface area contributed by atoms with Crippen LogP contribution in [-0.2, 0) is 11.8 Å². The molecule has 1 fully saturated rings. The number of hydrogen-bond donors (Lipinski definition) is 1. The van der Waals surface area contributed by atoms with E-state index in [1.165, 1.54) is 7.11 Å². The summed E-state index contributed by atoms with van der Waals surface area (Å²) in [6.07, 6.45) is 1.55. The molecule has 0 aliphatic carbocycles. The van der Waals surface area contributed by atoms with Crippen LogP contribution in [0.1, 0.15) is 10.5 Å². The molecule has 1 aliphatic heterocycles. The van der Waals surface area contributed by atoms with E-state index in [4.69, 9.17) is 9.47 Å². The minimum absolute atomic E-state index is 0.0127. The Labute approximate surface area is 99.9 Å². The maximum atomic E-state index is 12.4. The predicted octanol–water partition coefficient (Wildman–Crippen LogP) is -0.154. The van der Waals surface area contributed by atoms with Crippen LogP contribution in [0.4, 0.5) is 0 Å². The Bertz CT molecular complexity index is 416. The van der Waals surface area contributed by atoms with Crippen molar-refractivity contribution in [2.45, 2.75) is 6.04 Å². The molecule has 6 nitrogen and oxygen atoms in total. The first-order valence-corrected chi connectivity index (χ1v) is 5.54. The van der Waals surface area contributed by atoms with Crippen molar-refractivity contribution in [1.82, 2.24) is 15.1 Å². The van der Waals surface area contributed by atoms with Gasteiger partial charge in [-0.2, -0.15) is 5.10 Å². The number of rotatable bonds is 4. The number of nitrogens with zero attached hydrogens (tertiary/aromatic N) is 2. The van der Waals surface area contributed by atoms with E-state index in [9.17, 15) is 4.79 Å². The molecule has 1 aliphatic rings. The molecule has 94 valence electrons. The molecule has 0 saturated carbocycles. The Kier molecular flexibility index (Phi) is 3.44. The van der Waals surface area contributed by atoms with Crippen LogP contribution in [-0.4, -0.2) is 49.0 Å². The lowest BCUT2D eigenvalue weighted by Crippen LogP contribution is -2.37. The van der Waals surface area contributed by atoms with E-state index in [0.29, 0.717) is 24.7 Å². The quantitative estimate of drug-likeness (QED) is 0.740. The van der Waals surface area contributed by atoms with E-state index in [-0.39, 0.29) is 17.7 Å². The third kappa shape index (κ3) is 2.05. The van der Waals surface area contributed by atoms with Crippen molar-refractivity contribution in [3.63, 3.8) is 0 Å². The number of hydrogen-bond acceptors (Lipinski definition) is 5. The molecular weight excluding hydrogens is 222 g/mol. The Morgan fingerprint density at radius 2 is 2.41 bits per heavy atom. The lowest BCUT2D eigenvalue weighted by molar-refractivity contribution is 0.0879. The molecule has 17 heavy (non-hydrogen) atoms. The fourth-order valence-electron chi connectivity index (χ4n) is 2.12. The van der Waals surface area contributed by atoms with Crippen molar-refractivity contribution in [3.05, 3.63) is 11.9 Å². The molecule has 1 N–H and O–H groups in total.